The summed E-state index contributed by atoms with van der Waals surface area (Å²) in [6.07, 6.45) is 13.8. The molecular formula is C30H38OSe. The molecule has 0 radical (unpaired) electrons. The molecule has 0 aliphatic heterocycles. The molecule has 4 aliphatic carbocycles. The van der Waals surface area contributed by atoms with Crippen LogP contribution in [0.15, 0.2) is 60.7 Å². The summed E-state index contributed by atoms with van der Waals surface area (Å²) >= 11 is 0.450. The SMILES string of the molecule is CCC[C@H](CC12CC3CC(CC(C3)C1)C2)[Se][C@H](CC(=O)c1ccccc1)c1ccccc1. The van der Waals surface area contributed by atoms with Crippen LogP contribution in [0.4, 0.5) is 0 Å². The quantitative estimate of drug-likeness (QED) is 0.243. The van der Waals surface area contributed by atoms with Crippen LogP contribution in [0.5, 0.6) is 0 Å². The molecule has 2 atom stereocenters. The number of Topliss-reactive ketones (excluding diaryl/α,β-unsaturated/α-hetero) is 1. The van der Waals surface area contributed by atoms with E-state index in [2.05, 4.69) is 37.3 Å². The molecule has 170 valence electrons. The zero-order chi connectivity index (χ0) is 22.0. The summed E-state index contributed by atoms with van der Waals surface area (Å²) in [5, 5.41) is 0. The summed E-state index contributed by atoms with van der Waals surface area (Å²) in [5.74, 6) is 3.40. The van der Waals surface area contributed by atoms with Crippen LogP contribution in [-0.4, -0.2) is 20.7 Å². The molecule has 0 heterocycles. The van der Waals surface area contributed by atoms with Gasteiger partial charge in [0.2, 0.25) is 0 Å². The van der Waals surface area contributed by atoms with E-state index in [1.54, 1.807) is 0 Å². The van der Waals surface area contributed by atoms with Crippen molar-refractivity contribution in [1.82, 2.24) is 0 Å². The molecule has 4 bridgehead atoms. The van der Waals surface area contributed by atoms with Gasteiger partial charge in [-0.15, -0.1) is 0 Å². The van der Waals surface area contributed by atoms with Crippen molar-refractivity contribution in [3.8, 4) is 0 Å². The Labute approximate surface area is 200 Å². The summed E-state index contributed by atoms with van der Waals surface area (Å²) in [6.45, 7) is 2.36. The van der Waals surface area contributed by atoms with Gasteiger partial charge in [-0.05, 0) is 0 Å². The first-order valence-electron chi connectivity index (χ1n) is 12.9. The standard InChI is InChI=1S/C30H38OSe/c1-2-9-27(21-30-18-22-14-23(19-30)16-24(15-22)20-30)32-29(26-12-7-4-8-13-26)17-28(31)25-10-5-3-6-11-25/h3-8,10-13,22-24,27,29H,2,9,14-21H2,1H3/t22?,23?,24?,27-,29-,30?/m1/s1. The van der Waals surface area contributed by atoms with E-state index in [9.17, 15) is 4.79 Å². The van der Waals surface area contributed by atoms with Gasteiger partial charge in [0.05, 0.1) is 0 Å². The van der Waals surface area contributed by atoms with Crippen molar-refractivity contribution in [2.45, 2.75) is 80.8 Å². The number of hydrogen-bond donors (Lipinski definition) is 0. The fourth-order valence-electron chi connectivity index (χ4n) is 7.62. The van der Waals surface area contributed by atoms with E-state index in [1.165, 1.54) is 63.4 Å². The van der Waals surface area contributed by atoms with E-state index in [0.29, 0.717) is 37.4 Å². The van der Waals surface area contributed by atoms with Crippen LogP contribution >= 0.6 is 0 Å². The van der Waals surface area contributed by atoms with Crippen molar-refractivity contribution in [3.05, 3.63) is 71.8 Å². The molecule has 0 spiro atoms. The van der Waals surface area contributed by atoms with Crippen LogP contribution in [0.1, 0.15) is 91.9 Å². The summed E-state index contributed by atoms with van der Waals surface area (Å²) in [6, 6.07) is 20.9. The second-order valence-electron chi connectivity index (χ2n) is 11.1. The third kappa shape index (κ3) is 5.07. The van der Waals surface area contributed by atoms with Crippen molar-refractivity contribution in [1.29, 1.82) is 0 Å². The van der Waals surface area contributed by atoms with Gasteiger partial charge < -0.3 is 0 Å². The predicted octanol–water partition coefficient (Wildman–Crippen LogP) is 7.90. The minimum absolute atomic E-state index is 0.311. The van der Waals surface area contributed by atoms with Crippen LogP contribution in [0.2, 0.25) is 4.82 Å². The molecule has 4 aliphatic rings. The van der Waals surface area contributed by atoms with Gasteiger partial charge in [0, 0.05) is 0 Å². The van der Waals surface area contributed by atoms with E-state index in [-0.39, 0.29) is 0 Å². The monoisotopic (exact) mass is 494 g/mol. The molecule has 4 fully saturated rings. The molecule has 0 amide bonds. The Balaban J connectivity index is 1.34. The Kier molecular flexibility index (Phi) is 6.91. The zero-order valence-corrected chi connectivity index (χ0v) is 21.3. The van der Waals surface area contributed by atoms with Crippen LogP contribution in [0.25, 0.3) is 0 Å². The second-order valence-corrected chi connectivity index (χ2v) is 14.2. The van der Waals surface area contributed by atoms with Gasteiger partial charge in [0.1, 0.15) is 0 Å². The summed E-state index contributed by atoms with van der Waals surface area (Å²) in [5.41, 5.74) is 2.89. The Morgan fingerprint density at radius 2 is 1.47 bits per heavy atom. The van der Waals surface area contributed by atoms with Gasteiger partial charge in [-0.3, -0.25) is 0 Å². The second kappa shape index (κ2) is 9.86. The molecule has 2 aromatic rings. The maximum atomic E-state index is 13.2. The van der Waals surface area contributed by atoms with Gasteiger partial charge in [-0.1, -0.05) is 0 Å². The fourth-order valence-corrected chi connectivity index (χ4v) is 11.5. The Hall–Kier alpha value is -1.37. The van der Waals surface area contributed by atoms with Crippen molar-refractivity contribution in [2.75, 3.05) is 0 Å². The number of carbonyl (C=O) groups is 1. The summed E-state index contributed by atoms with van der Waals surface area (Å²) in [4.78, 5) is 14.4. The first-order valence-corrected chi connectivity index (χ1v) is 14.9. The minimum atomic E-state index is 0.311. The fraction of sp³-hybridized carbons (Fsp3) is 0.567. The van der Waals surface area contributed by atoms with Gasteiger partial charge in [0.15, 0.2) is 0 Å². The third-order valence-corrected chi connectivity index (χ3v) is 11.7. The first-order chi connectivity index (χ1) is 15.6. The van der Waals surface area contributed by atoms with Crippen molar-refractivity contribution < 1.29 is 4.79 Å². The Morgan fingerprint density at radius 1 is 0.906 bits per heavy atom. The molecule has 4 saturated carbocycles. The molecule has 6 rings (SSSR count). The molecule has 0 N–H and O–H groups in total. The molecule has 2 aromatic carbocycles. The van der Waals surface area contributed by atoms with Gasteiger partial charge in [-0.2, -0.15) is 0 Å². The predicted molar refractivity (Wildman–Crippen MR) is 134 cm³/mol. The van der Waals surface area contributed by atoms with Crippen LogP contribution < -0.4 is 0 Å². The van der Waals surface area contributed by atoms with E-state index >= 15 is 0 Å². The van der Waals surface area contributed by atoms with Gasteiger partial charge >= 0.3 is 201 Å². The average Bonchev–Trinajstić information content (AvgIpc) is 2.79. The molecule has 2 heteroatoms. The summed E-state index contributed by atoms with van der Waals surface area (Å²) < 4.78 is 0. The summed E-state index contributed by atoms with van der Waals surface area (Å²) in [7, 11) is 0. The number of ketones is 1. The van der Waals surface area contributed by atoms with Crippen molar-refractivity contribution in [3.63, 3.8) is 0 Å². The zero-order valence-electron chi connectivity index (χ0n) is 19.5. The average molecular weight is 494 g/mol. The first kappa shape index (κ1) is 22.4. The maximum absolute atomic E-state index is 13.2. The molecule has 32 heavy (non-hydrogen) atoms. The van der Waals surface area contributed by atoms with E-state index in [4.69, 9.17) is 0 Å². The van der Waals surface area contributed by atoms with Crippen LogP contribution in [-0.2, 0) is 0 Å². The molecule has 1 nitrogen and oxygen atoms in total. The van der Waals surface area contributed by atoms with Crippen LogP contribution in [0, 0.1) is 23.2 Å². The number of rotatable bonds is 10. The van der Waals surface area contributed by atoms with E-state index < -0.39 is 0 Å². The van der Waals surface area contributed by atoms with Crippen molar-refractivity contribution >= 4 is 20.7 Å². The Morgan fingerprint density at radius 3 is 2.03 bits per heavy atom. The van der Waals surface area contributed by atoms with E-state index in [1.807, 2.05) is 30.3 Å². The number of hydrogen-bond acceptors (Lipinski definition) is 1. The van der Waals surface area contributed by atoms with Crippen molar-refractivity contribution in [2.24, 2.45) is 23.2 Å². The number of carbonyl (C=O) groups excluding carboxylic acids is 1. The topological polar surface area (TPSA) is 17.1 Å². The van der Waals surface area contributed by atoms with E-state index in [0.717, 1.165) is 28.1 Å². The molecule has 0 aromatic heterocycles. The molecular weight excluding hydrogens is 455 g/mol. The molecule has 0 unspecified atom stereocenters. The Bertz CT molecular complexity index is 854. The third-order valence-electron chi connectivity index (χ3n) is 8.43. The normalized spacial score (nSPS) is 30.2. The molecule has 0 saturated heterocycles. The van der Waals surface area contributed by atoms with Gasteiger partial charge in [0.25, 0.3) is 0 Å². The number of benzene rings is 2. The van der Waals surface area contributed by atoms with Gasteiger partial charge in [-0.25, -0.2) is 0 Å². The van der Waals surface area contributed by atoms with Crippen LogP contribution in [0.3, 0.4) is 0 Å².